The number of likely N-dealkylation sites (tertiary alicyclic amines) is 1. The standard InChI is InChI=1S/C17H34N2/c1-5-9-18-16-12-13(3)11-14(4)17(16)19-10-7-8-15(19)6-2/h13-18H,5-12H2,1-4H3. The van der Waals surface area contributed by atoms with E-state index in [9.17, 15) is 0 Å². The second-order valence-corrected chi connectivity index (χ2v) is 7.05. The van der Waals surface area contributed by atoms with Crippen LogP contribution < -0.4 is 5.32 Å². The van der Waals surface area contributed by atoms with Gasteiger partial charge in [-0.15, -0.1) is 0 Å². The zero-order valence-corrected chi connectivity index (χ0v) is 13.5. The molecule has 1 aliphatic heterocycles. The Morgan fingerprint density at radius 2 is 1.95 bits per heavy atom. The van der Waals surface area contributed by atoms with Gasteiger partial charge in [0.1, 0.15) is 0 Å². The molecule has 2 rings (SSSR count). The number of hydrogen-bond donors (Lipinski definition) is 1. The monoisotopic (exact) mass is 266 g/mol. The van der Waals surface area contributed by atoms with Crippen LogP contribution in [0, 0.1) is 11.8 Å². The van der Waals surface area contributed by atoms with E-state index in [2.05, 4.69) is 37.9 Å². The van der Waals surface area contributed by atoms with Gasteiger partial charge in [0, 0.05) is 18.1 Å². The summed E-state index contributed by atoms with van der Waals surface area (Å²) < 4.78 is 0. The maximum Gasteiger partial charge on any atom is 0.0278 e. The number of nitrogens with zero attached hydrogens (tertiary/aromatic N) is 1. The summed E-state index contributed by atoms with van der Waals surface area (Å²) in [5.41, 5.74) is 0. The van der Waals surface area contributed by atoms with E-state index in [1.54, 1.807) is 0 Å². The van der Waals surface area contributed by atoms with Gasteiger partial charge in [-0.3, -0.25) is 4.90 Å². The zero-order chi connectivity index (χ0) is 13.8. The van der Waals surface area contributed by atoms with Crippen LogP contribution in [0.4, 0.5) is 0 Å². The van der Waals surface area contributed by atoms with Gasteiger partial charge in [-0.25, -0.2) is 0 Å². The third-order valence-electron chi connectivity index (χ3n) is 5.36. The smallest absolute Gasteiger partial charge is 0.0278 e. The predicted octanol–water partition coefficient (Wildman–Crippen LogP) is 3.66. The molecule has 1 saturated heterocycles. The van der Waals surface area contributed by atoms with Crippen molar-refractivity contribution in [3.63, 3.8) is 0 Å². The van der Waals surface area contributed by atoms with Crippen molar-refractivity contribution in [3.8, 4) is 0 Å². The van der Waals surface area contributed by atoms with Crippen LogP contribution in [0.1, 0.15) is 66.2 Å². The van der Waals surface area contributed by atoms with Crippen LogP contribution >= 0.6 is 0 Å². The van der Waals surface area contributed by atoms with Crippen molar-refractivity contribution in [1.82, 2.24) is 10.2 Å². The molecule has 5 atom stereocenters. The summed E-state index contributed by atoms with van der Waals surface area (Å²) in [5.74, 6) is 1.74. The Bertz CT molecular complexity index is 266. The van der Waals surface area contributed by atoms with Gasteiger partial charge in [-0.05, 0) is 63.5 Å². The molecule has 1 N–H and O–H groups in total. The summed E-state index contributed by atoms with van der Waals surface area (Å²) in [7, 11) is 0. The van der Waals surface area contributed by atoms with Gasteiger partial charge < -0.3 is 5.32 Å². The summed E-state index contributed by atoms with van der Waals surface area (Å²) in [6.07, 6.45) is 8.22. The molecular formula is C17H34N2. The molecule has 2 fully saturated rings. The number of rotatable bonds is 5. The summed E-state index contributed by atoms with van der Waals surface area (Å²) >= 11 is 0. The van der Waals surface area contributed by atoms with Crippen LogP contribution in [-0.2, 0) is 0 Å². The highest BCUT2D eigenvalue weighted by Crippen LogP contribution is 2.36. The van der Waals surface area contributed by atoms with E-state index < -0.39 is 0 Å². The molecule has 0 amide bonds. The molecule has 1 aliphatic carbocycles. The molecule has 0 aromatic rings. The highest BCUT2D eigenvalue weighted by molar-refractivity contribution is 4.97. The maximum absolute atomic E-state index is 3.86. The van der Waals surface area contributed by atoms with Crippen molar-refractivity contribution in [2.45, 2.75) is 84.3 Å². The van der Waals surface area contributed by atoms with Gasteiger partial charge in [0.15, 0.2) is 0 Å². The first-order chi connectivity index (χ1) is 9.17. The molecule has 1 saturated carbocycles. The summed E-state index contributed by atoms with van der Waals surface area (Å²) in [4.78, 5) is 2.86. The quantitative estimate of drug-likeness (QED) is 0.817. The Kier molecular flexibility index (Phi) is 5.70. The molecule has 2 aliphatic rings. The van der Waals surface area contributed by atoms with Crippen molar-refractivity contribution in [1.29, 1.82) is 0 Å². The summed E-state index contributed by atoms with van der Waals surface area (Å²) in [6, 6.07) is 2.37. The molecule has 2 heteroatoms. The topological polar surface area (TPSA) is 15.3 Å². The lowest BCUT2D eigenvalue weighted by molar-refractivity contribution is 0.0511. The lowest BCUT2D eigenvalue weighted by Crippen LogP contribution is -2.57. The minimum atomic E-state index is 0.728. The van der Waals surface area contributed by atoms with Crippen LogP contribution in [0.3, 0.4) is 0 Å². The van der Waals surface area contributed by atoms with Crippen molar-refractivity contribution in [3.05, 3.63) is 0 Å². The zero-order valence-electron chi connectivity index (χ0n) is 13.5. The molecular weight excluding hydrogens is 232 g/mol. The van der Waals surface area contributed by atoms with Crippen molar-refractivity contribution >= 4 is 0 Å². The first kappa shape index (κ1) is 15.3. The van der Waals surface area contributed by atoms with Crippen molar-refractivity contribution < 1.29 is 0 Å². The normalized spacial score (nSPS) is 40.7. The van der Waals surface area contributed by atoms with E-state index >= 15 is 0 Å². The molecule has 1 heterocycles. The van der Waals surface area contributed by atoms with E-state index in [1.165, 1.54) is 51.6 Å². The van der Waals surface area contributed by atoms with E-state index in [0.717, 1.165) is 30.0 Å². The Labute approximate surface area is 120 Å². The maximum atomic E-state index is 3.86. The van der Waals surface area contributed by atoms with Crippen molar-refractivity contribution in [2.75, 3.05) is 13.1 Å². The Morgan fingerprint density at radius 1 is 1.16 bits per heavy atom. The molecule has 112 valence electrons. The number of nitrogens with one attached hydrogen (secondary N) is 1. The predicted molar refractivity (Wildman–Crippen MR) is 83.5 cm³/mol. The molecule has 19 heavy (non-hydrogen) atoms. The molecule has 2 nitrogen and oxygen atoms in total. The molecule has 0 spiro atoms. The van der Waals surface area contributed by atoms with Crippen LogP contribution in [0.5, 0.6) is 0 Å². The largest absolute Gasteiger partial charge is 0.312 e. The second kappa shape index (κ2) is 7.08. The molecule has 0 radical (unpaired) electrons. The van der Waals surface area contributed by atoms with Gasteiger partial charge in [-0.1, -0.05) is 27.7 Å². The minimum absolute atomic E-state index is 0.728. The molecule has 0 aromatic carbocycles. The van der Waals surface area contributed by atoms with Gasteiger partial charge >= 0.3 is 0 Å². The van der Waals surface area contributed by atoms with E-state index in [4.69, 9.17) is 0 Å². The molecule has 5 unspecified atom stereocenters. The van der Waals surface area contributed by atoms with Crippen LogP contribution in [0.2, 0.25) is 0 Å². The van der Waals surface area contributed by atoms with E-state index in [1.807, 2.05) is 0 Å². The summed E-state index contributed by atoms with van der Waals surface area (Å²) in [5, 5.41) is 3.86. The third kappa shape index (κ3) is 3.52. The lowest BCUT2D eigenvalue weighted by Gasteiger charge is -2.47. The van der Waals surface area contributed by atoms with E-state index in [-0.39, 0.29) is 0 Å². The number of hydrogen-bond acceptors (Lipinski definition) is 2. The average molecular weight is 266 g/mol. The Hall–Kier alpha value is -0.0800. The van der Waals surface area contributed by atoms with Gasteiger partial charge in [0.05, 0.1) is 0 Å². The van der Waals surface area contributed by atoms with Crippen molar-refractivity contribution in [2.24, 2.45) is 11.8 Å². The van der Waals surface area contributed by atoms with Crippen LogP contribution in [0.25, 0.3) is 0 Å². The fourth-order valence-corrected chi connectivity index (χ4v) is 4.62. The third-order valence-corrected chi connectivity index (χ3v) is 5.36. The molecule has 0 bridgehead atoms. The summed E-state index contributed by atoms with van der Waals surface area (Å²) in [6.45, 7) is 12.1. The first-order valence-corrected chi connectivity index (χ1v) is 8.66. The minimum Gasteiger partial charge on any atom is -0.312 e. The second-order valence-electron chi connectivity index (χ2n) is 7.05. The van der Waals surface area contributed by atoms with E-state index in [0.29, 0.717) is 0 Å². The van der Waals surface area contributed by atoms with Crippen LogP contribution in [-0.4, -0.2) is 36.1 Å². The fourth-order valence-electron chi connectivity index (χ4n) is 4.62. The van der Waals surface area contributed by atoms with Crippen LogP contribution in [0.15, 0.2) is 0 Å². The lowest BCUT2D eigenvalue weighted by atomic mass is 9.75. The first-order valence-electron chi connectivity index (χ1n) is 8.66. The highest BCUT2D eigenvalue weighted by atomic mass is 15.2. The Balaban J connectivity index is 2.07. The highest BCUT2D eigenvalue weighted by Gasteiger charge is 2.40. The molecule has 0 aromatic heterocycles. The fraction of sp³-hybridized carbons (Fsp3) is 1.00. The van der Waals surface area contributed by atoms with Gasteiger partial charge in [-0.2, -0.15) is 0 Å². The van der Waals surface area contributed by atoms with Gasteiger partial charge in [0.25, 0.3) is 0 Å². The van der Waals surface area contributed by atoms with Gasteiger partial charge in [0.2, 0.25) is 0 Å². The average Bonchev–Trinajstić information content (AvgIpc) is 2.83. The SMILES string of the molecule is CCCNC1CC(C)CC(C)C1N1CCCC1CC. The Morgan fingerprint density at radius 3 is 2.63 bits per heavy atom.